The third-order valence-corrected chi connectivity index (χ3v) is 5.61. The predicted molar refractivity (Wildman–Crippen MR) is 124 cm³/mol. The van der Waals surface area contributed by atoms with Gasteiger partial charge in [-0.2, -0.15) is 0 Å². The number of ketones is 1. The number of fused-ring (bicyclic) bond motifs is 1. The molecule has 2 heterocycles. The van der Waals surface area contributed by atoms with Crippen molar-refractivity contribution >= 4 is 11.8 Å². The van der Waals surface area contributed by atoms with Crippen molar-refractivity contribution in [1.82, 2.24) is 4.57 Å². The summed E-state index contributed by atoms with van der Waals surface area (Å²) in [7, 11) is 1.57. The molecule has 8 nitrogen and oxygen atoms in total. The first kappa shape index (κ1) is 23.2. The van der Waals surface area contributed by atoms with E-state index in [9.17, 15) is 9.59 Å². The van der Waals surface area contributed by atoms with Gasteiger partial charge < -0.3 is 28.3 Å². The number of Topliss-reactive ketones (excluding diaryl/α,β-unsaturated/α-hetero) is 1. The Kier molecular flexibility index (Phi) is 7.06. The van der Waals surface area contributed by atoms with Crippen molar-refractivity contribution in [2.45, 2.75) is 26.5 Å². The van der Waals surface area contributed by atoms with Gasteiger partial charge >= 0.3 is 5.97 Å². The molecule has 0 fully saturated rings. The summed E-state index contributed by atoms with van der Waals surface area (Å²) < 4.78 is 29.5. The van der Waals surface area contributed by atoms with E-state index in [0.29, 0.717) is 36.0 Å². The quantitative estimate of drug-likeness (QED) is 0.351. The lowest BCUT2D eigenvalue weighted by molar-refractivity contribution is -0.144. The van der Waals surface area contributed by atoms with Crippen molar-refractivity contribution in [2.24, 2.45) is 0 Å². The second-order valence-electron chi connectivity index (χ2n) is 7.94. The number of esters is 1. The first-order valence-electron chi connectivity index (χ1n) is 11.0. The molecule has 0 amide bonds. The lowest BCUT2D eigenvalue weighted by Crippen LogP contribution is -2.33. The number of rotatable bonds is 9. The summed E-state index contributed by atoms with van der Waals surface area (Å²) in [6.07, 6.45) is -0.185. The van der Waals surface area contributed by atoms with Crippen molar-refractivity contribution < 1.29 is 33.3 Å². The van der Waals surface area contributed by atoms with Crippen molar-refractivity contribution in [3.05, 3.63) is 71.5 Å². The van der Waals surface area contributed by atoms with Crippen LogP contribution in [0.3, 0.4) is 0 Å². The van der Waals surface area contributed by atoms with E-state index in [4.69, 9.17) is 23.7 Å². The zero-order valence-electron chi connectivity index (χ0n) is 19.4. The Hall–Kier alpha value is -3.94. The molecule has 0 radical (unpaired) electrons. The SMILES string of the molecule is COc1ccc(OCC(=O)OCC(=O)c2cc(C)n(CC3COc4ccccc4O3)c2C)cc1. The highest BCUT2D eigenvalue weighted by molar-refractivity contribution is 5.99. The van der Waals surface area contributed by atoms with Gasteiger partial charge in [-0.1, -0.05) is 12.1 Å². The Labute approximate surface area is 197 Å². The smallest absolute Gasteiger partial charge is 0.344 e. The minimum atomic E-state index is -0.621. The van der Waals surface area contributed by atoms with Crippen LogP contribution >= 0.6 is 0 Å². The molecule has 178 valence electrons. The molecule has 3 aromatic rings. The van der Waals surface area contributed by atoms with Crippen LogP contribution in [0.5, 0.6) is 23.0 Å². The third kappa shape index (κ3) is 5.33. The Bertz CT molecular complexity index is 1170. The van der Waals surface area contributed by atoms with Crippen molar-refractivity contribution in [3.63, 3.8) is 0 Å². The fraction of sp³-hybridized carbons (Fsp3) is 0.308. The number of carbonyl (C=O) groups is 2. The number of nitrogens with zero attached hydrogens (tertiary/aromatic N) is 1. The number of carbonyl (C=O) groups excluding carboxylic acids is 2. The Morgan fingerprint density at radius 1 is 1.00 bits per heavy atom. The summed E-state index contributed by atoms with van der Waals surface area (Å²) in [6, 6.07) is 16.2. The summed E-state index contributed by atoms with van der Waals surface area (Å²) in [4.78, 5) is 24.8. The lowest BCUT2D eigenvalue weighted by Gasteiger charge is -2.27. The highest BCUT2D eigenvalue weighted by Crippen LogP contribution is 2.31. The largest absolute Gasteiger partial charge is 0.497 e. The van der Waals surface area contributed by atoms with E-state index in [1.54, 1.807) is 37.4 Å². The van der Waals surface area contributed by atoms with Crippen LogP contribution < -0.4 is 18.9 Å². The zero-order chi connectivity index (χ0) is 24.1. The van der Waals surface area contributed by atoms with E-state index in [-0.39, 0.29) is 25.1 Å². The number of para-hydroxylation sites is 2. The normalized spacial score (nSPS) is 14.4. The van der Waals surface area contributed by atoms with Gasteiger partial charge in [-0.15, -0.1) is 0 Å². The van der Waals surface area contributed by atoms with E-state index in [2.05, 4.69) is 0 Å². The predicted octanol–water partition coefficient (Wildman–Crippen LogP) is 3.76. The van der Waals surface area contributed by atoms with Crippen LogP contribution in [0.15, 0.2) is 54.6 Å². The van der Waals surface area contributed by atoms with Gasteiger partial charge in [0, 0.05) is 17.0 Å². The number of aromatic nitrogens is 1. The van der Waals surface area contributed by atoms with E-state index in [1.807, 2.05) is 42.7 Å². The molecule has 4 rings (SSSR count). The van der Waals surface area contributed by atoms with Gasteiger partial charge in [-0.3, -0.25) is 4.79 Å². The number of methoxy groups -OCH3 is 1. The topological polar surface area (TPSA) is 85.2 Å². The molecule has 8 heteroatoms. The number of benzene rings is 2. The molecule has 0 N–H and O–H groups in total. The minimum absolute atomic E-state index is 0.185. The number of ether oxygens (including phenoxy) is 5. The molecule has 1 aromatic heterocycles. The second kappa shape index (κ2) is 10.3. The number of aryl methyl sites for hydroxylation is 1. The van der Waals surface area contributed by atoms with Gasteiger partial charge in [0.1, 0.15) is 18.1 Å². The van der Waals surface area contributed by atoms with Gasteiger partial charge in [0.2, 0.25) is 5.78 Å². The number of hydrogen-bond donors (Lipinski definition) is 0. The average molecular weight is 466 g/mol. The second-order valence-corrected chi connectivity index (χ2v) is 7.94. The van der Waals surface area contributed by atoms with Gasteiger partial charge in [0.15, 0.2) is 30.8 Å². The van der Waals surface area contributed by atoms with Crippen molar-refractivity contribution in [3.8, 4) is 23.0 Å². The van der Waals surface area contributed by atoms with Crippen LogP contribution in [0.4, 0.5) is 0 Å². The van der Waals surface area contributed by atoms with Gasteiger partial charge in [0.25, 0.3) is 0 Å². The maximum absolute atomic E-state index is 12.7. The van der Waals surface area contributed by atoms with E-state index in [0.717, 1.165) is 17.1 Å². The molecule has 0 bridgehead atoms. The molecule has 2 aromatic carbocycles. The monoisotopic (exact) mass is 465 g/mol. The summed E-state index contributed by atoms with van der Waals surface area (Å²) in [5.41, 5.74) is 2.21. The highest BCUT2D eigenvalue weighted by Gasteiger charge is 2.24. The molecule has 34 heavy (non-hydrogen) atoms. The summed E-state index contributed by atoms with van der Waals surface area (Å²) in [5.74, 6) is 1.73. The molecule has 0 spiro atoms. The van der Waals surface area contributed by atoms with Gasteiger partial charge in [-0.05, 0) is 56.3 Å². The summed E-state index contributed by atoms with van der Waals surface area (Å²) in [5, 5.41) is 0. The molecule has 0 saturated heterocycles. The Morgan fingerprint density at radius 2 is 1.71 bits per heavy atom. The maximum atomic E-state index is 12.7. The fourth-order valence-electron chi connectivity index (χ4n) is 3.80. The third-order valence-electron chi connectivity index (χ3n) is 5.61. The minimum Gasteiger partial charge on any atom is -0.497 e. The first-order valence-corrected chi connectivity index (χ1v) is 11.0. The van der Waals surface area contributed by atoms with Gasteiger partial charge in [0.05, 0.1) is 13.7 Å². The molecular formula is C26H27NO7. The van der Waals surface area contributed by atoms with Crippen LogP contribution in [0.25, 0.3) is 0 Å². The molecule has 1 aliphatic rings. The van der Waals surface area contributed by atoms with Crippen LogP contribution in [0.1, 0.15) is 21.7 Å². The van der Waals surface area contributed by atoms with E-state index in [1.165, 1.54) is 0 Å². The number of hydrogen-bond acceptors (Lipinski definition) is 7. The van der Waals surface area contributed by atoms with E-state index >= 15 is 0 Å². The zero-order valence-corrected chi connectivity index (χ0v) is 19.4. The fourth-order valence-corrected chi connectivity index (χ4v) is 3.80. The van der Waals surface area contributed by atoms with Crippen LogP contribution in [0, 0.1) is 13.8 Å². The lowest BCUT2D eigenvalue weighted by atomic mass is 10.1. The first-order chi connectivity index (χ1) is 16.4. The molecule has 1 unspecified atom stereocenters. The highest BCUT2D eigenvalue weighted by atomic mass is 16.6. The van der Waals surface area contributed by atoms with Crippen LogP contribution in [-0.2, 0) is 16.1 Å². The van der Waals surface area contributed by atoms with E-state index < -0.39 is 5.97 Å². The molecular weight excluding hydrogens is 438 g/mol. The maximum Gasteiger partial charge on any atom is 0.344 e. The van der Waals surface area contributed by atoms with Crippen molar-refractivity contribution in [2.75, 3.05) is 26.9 Å². The average Bonchev–Trinajstić information content (AvgIpc) is 3.14. The molecule has 1 atom stereocenters. The summed E-state index contributed by atoms with van der Waals surface area (Å²) >= 11 is 0. The standard InChI is InChI=1S/C26H27NO7/c1-17-12-22(18(2)27(17)13-21-14-32-24-6-4-5-7-25(24)34-21)23(28)15-33-26(29)16-31-20-10-8-19(30-3)9-11-20/h4-12,21H,13-16H2,1-3H3. The summed E-state index contributed by atoms with van der Waals surface area (Å²) in [6.45, 7) is 4.10. The molecule has 1 aliphatic heterocycles. The van der Waals surface area contributed by atoms with Crippen molar-refractivity contribution in [1.29, 1.82) is 0 Å². The van der Waals surface area contributed by atoms with Gasteiger partial charge in [-0.25, -0.2) is 4.79 Å². The Morgan fingerprint density at radius 3 is 2.44 bits per heavy atom. The molecule has 0 aliphatic carbocycles. The Balaban J connectivity index is 1.30. The van der Waals surface area contributed by atoms with Crippen LogP contribution in [0.2, 0.25) is 0 Å². The molecule has 0 saturated carbocycles. The van der Waals surface area contributed by atoms with Crippen LogP contribution in [-0.4, -0.2) is 49.4 Å².